The molecule has 2 heterocycles. The number of ether oxygens (including phenoxy) is 3. The minimum atomic E-state index is -0.538. The van der Waals surface area contributed by atoms with Gasteiger partial charge < -0.3 is 24.6 Å². The quantitative estimate of drug-likeness (QED) is 0.493. The summed E-state index contributed by atoms with van der Waals surface area (Å²) >= 11 is 0. The van der Waals surface area contributed by atoms with Crippen LogP contribution in [0.1, 0.15) is 46.4 Å². The van der Waals surface area contributed by atoms with Crippen molar-refractivity contribution in [2.45, 2.75) is 32.0 Å². The van der Waals surface area contributed by atoms with Gasteiger partial charge in [-0.1, -0.05) is 61.5 Å². The molecule has 3 aromatic carbocycles. The lowest BCUT2D eigenvalue weighted by Crippen LogP contribution is -2.47. The molecule has 2 aliphatic rings. The summed E-state index contributed by atoms with van der Waals surface area (Å²) in [5, 5.41) is 12.4. The van der Waals surface area contributed by atoms with E-state index in [0.717, 1.165) is 49.5 Å². The normalized spacial score (nSPS) is 24.5. The van der Waals surface area contributed by atoms with Gasteiger partial charge in [-0.2, -0.15) is 0 Å². The fourth-order valence-electron chi connectivity index (χ4n) is 4.88. The summed E-state index contributed by atoms with van der Waals surface area (Å²) in [6.45, 7) is 6.26. The van der Waals surface area contributed by atoms with Crippen LogP contribution >= 0.6 is 0 Å². The van der Waals surface area contributed by atoms with E-state index in [0.29, 0.717) is 11.3 Å². The molecule has 2 aliphatic heterocycles. The molecule has 0 bridgehead atoms. The Hall–Kier alpha value is -3.07. The molecule has 0 saturated carbocycles. The summed E-state index contributed by atoms with van der Waals surface area (Å²) in [4.78, 5) is 14.9. The lowest BCUT2D eigenvalue weighted by Gasteiger charge is -2.43. The van der Waals surface area contributed by atoms with Crippen LogP contribution in [-0.2, 0) is 20.8 Å². The second-order valence-electron chi connectivity index (χ2n) is 9.68. The molecule has 37 heavy (non-hydrogen) atoms. The van der Waals surface area contributed by atoms with Crippen molar-refractivity contribution in [1.82, 2.24) is 4.90 Å². The number of amides is 1. The first kappa shape index (κ1) is 25.6. The highest BCUT2D eigenvalue weighted by molar-refractivity contribution is 6.04. The fourth-order valence-corrected chi connectivity index (χ4v) is 4.88. The van der Waals surface area contributed by atoms with Crippen LogP contribution in [0, 0.1) is 5.92 Å². The topological polar surface area (TPSA) is 80.3 Å². The minimum absolute atomic E-state index is 0.0138. The van der Waals surface area contributed by atoms with Crippen LogP contribution in [0.4, 0.5) is 5.69 Å². The number of aliphatic hydroxyl groups excluding tert-OH is 1. The predicted octanol–water partition coefficient (Wildman–Crippen LogP) is 4.55. The molecule has 0 spiro atoms. The fraction of sp³-hybridized carbons (Fsp3) is 0.367. The van der Waals surface area contributed by atoms with E-state index in [4.69, 9.17) is 14.2 Å². The molecule has 0 radical (unpaired) electrons. The first-order valence-corrected chi connectivity index (χ1v) is 12.9. The molecule has 5 rings (SSSR count). The van der Waals surface area contributed by atoms with E-state index < -0.39 is 6.29 Å². The van der Waals surface area contributed by atoms with Gasteiger partial charge in [-0.3, -0.25) is 9.69 Å². The molecule has 7 nitrogen and oxygen atoms in total. The van der Waals surface area contributed by atoms with Gasteiger partial charge in [0.25, 0.3) is 5.91 Å². The van der Waals surface area contributed by atoms with Crippen molar-refractivity contribution in [1.29, 1.82) is 0 Å². The zero-order valence-electron chi connectivity index (χ0n) is 21.1. The lowest BCUT2D eigenvalue weighted by atomic mass is 9.90. The Bertz CT molecular complexity index is 1150. The van der Waals surface area contributed by atoms with Crippen LogP contribution < -0.4 is 5.32 Å². The van der Waals surface area contributed by atoms with E-state index in [1.807, 2.05) is 66.7 Å². The third-order valence-corrected chi connectivity index (χ3v) is 7.14. The summed E-state index contributed by atoms with van der Waals surface area (Å²) < 4.78 is 18.6. The Morgan fingerprint density at radius 2 is 1.59 bits per heavy atom. The van der Waals surface area contributed by atoms with Crippen LogP contribution in [0.25, 0.3) is 0 Å². The number of morpholine rings is 1. The maximum absolute atomic E-state index is 12.5. The van der Waals surface area contributed by atoms with Gasteiger partial charge in [-0.05, 0) is 35.4 Å². The number of aliphatic hydroxyl groups is 1. The number of nitrogens with one attached hydrogen (secondary N) is 1. The third kappa shape index (κ3) is 6.26. The predicted molar refractivity (Wildman–Crippen MR) is 141 cm³/mol. The number of anilines is 1. The van der Waals surface area contributed by atoms with Gasteiger partial charge in [-0.25, -0.2) is 0 Å². The number of benzene rings is 3. The molecule has 2 N–H and O–H groups in total. The van der Waals surface area contributed by atoms with E-state index in [1.54, 1.807) is 12.1 Å². The summed E-state index contributed by atoms with van der Waals surface area (Å²) in [6.07, 6.45) is -0.726. The molecule has 4 atom stereocenters. The molecule has 2 fully saturated rings. The SMILES string of the molecule is CC1C(CN2CCOCC2)OC(c2ccc(NC(=O)c3ccccc3)cc2)OC1c1ccc(CO)cc1. The van der Waals surface area contributed by atoms with Crippen LogP contribution in [-0.4, -0.2) is 54.9 Å². The zero-order valence-corrected chi connectivity index (χ0v) is 21.1. The maximum atomic E-state index is 12.5. The van der Waals surface area contributed by atoms with E-state index in [2.05, 4.69) is 17.1 Å². The van der Waals surface area contributed by atoms with Crippen LogP contribution in [0.5, 0.6) is 0 Å². The number of hydrogen-bond donors (Lipinski definition) is 2. The van der Waals surface area contributed by atoms with Crippen molar-refractivity contribution in [3.63, 3.8) is 0 Å². The van der Waals surface area contributed by atoms with Gasteiger partial charge in [0.15, 0.2) is 6.29 Å². The summed E-state index contributed by atoms with van der Waals surface area (Å²) in [5.41, 5.74) is 4.16. The Kier molecular flexibility index (Phi) is 8.28. The molecular weight excluding hydrogens is 468 g/mol. The monoisotopic (exact) mass is 502 g/mol. The molecular formula is C30H34N2O5. The molecule has 2 saturated heterocycles. The molecule has 194 valence electrons. The zero-order chi connectivity index (χ0) is 25.6. The minimum Gasteiger partial charge on any atom is -0.392 e. The highest BCUT2D eigenvalue weighted by Crippen LogP contribution is 2.42. The highest BCUT2D eigenvalue weighted by Gasteiger charge is 2.39. The Labute approximate surface area is 218 Å². The first-order valence-electron chi connectivity index (χ1n) is 12.9. The van der Waals surface area contributed by atoms with E-state index in [1.165, 1.54) is 0 Å². The van der Waals surface area contributed by atoms with Gasteiger partial charge in [0.05, 0.1) is 32.0 Å². The van der Waals surface area contributed by atoms with Crippen molar-refractivity contribution >= 4 is 11.6 Å². The van der Waals surface area contributed by atoms with E-state index in [-0.39, 0.29) is 30.6 Å². The standard InChI is InChI=1S/C30H34N2O5/c1-21-27(19-32-15-17-35-18-16-32)36-30(37-28(21)23-9-7-22(20-33)8-10-23)25-11-13-26(14-12-25)31-29(34)24-5-3-2-4-6-24/h2-14,21,27-28,30,33H,15-20H2,1H3,(H,31,34). The number of nitrogens with zero attached hydrogens (tertiary/aromatic N) is 1. The second kappa shape index (κ2) is 12.0. The number of carbonyl (C=O) groups excluding carboxylic acids is 1. The van der Waals surface area contributed by atoms with Gasteiger partial charge >= 0.3 is 0 Å². The van der Waals surface area contributed by atoms with Crippen molar-refractivity contribution in [3.8, 4) is 0 Å². The summed E-state index contributed by atoms with van der Waals surface area (Å²) in [5.74, 6) is -0.0205. The summed E-state index contributed by atoms with van der Waals surface area (Å²) in [7, 11) is 0. The van der Waals surface area contributed by atoms with Crippen molar-refractivity contribution in [2.24, 2.45) is 5.92 Å². The number of carbonyl (C=O) groups is 1. The largest absolute Gasteiger partial charge is 0.392 e. The lowest BCUT2D eigenvalue weighted by molar-refractivity contribution is -0.277. The molecule has 0 aliphatic carbocycles. The molecule has 4 unspecified atom stereocenters. The van der Waals surface area contributed by atoms with Crippen molar-refractivity contribution in [3.05, 3.63) is 101 Å². The molecule has 0 aromatic heterocycles. The van der Waals surface area contributed by atoms with Gasteiger partial charge in [0, 0.05) is 42.4 Å². The van der Waals surface area contributed by atoms with Crippen molar-refractivity contribution < 1.29 is 24.1 Å². The van der Waals surface area contributed by atoms with Crippen LogP contribution in [0.3, 0.4) is 0 Å². The molecule has 7 heteroatoms. The van der Waals surface area contributed by atoms with Gasteiger partial charge in [0.2, 0.25) is 0 Å². The van der Waals surface area contributed by atoms with Crippen LogP contribution in [0.15, 0.2) is 78.9 Å². The molecule has 1 amide bonds. The third-order valence-electron chi connectivity index (χ3n) is 7.14. The molecule has 3 aromatic rings. The smallest absolute Gasteiger partial charge is 0.255 e. The van der Waals surface area contributed by atoms with E-state index in [9.17, 15) is 9.90 Å². The van der Waals surface area contributed by atoms with Gasteiger partial charge in [-0.15, -0.1) is 0 Å². The van der Waals surface area contributed by atoms with Gasteiger partial charge in [0.1, 0.15) is 0 Å². The van der Waals surface area contributed by atoms with Crippen LogP contribution in [0.2, 0.25) is 0 Å². The highest BCUT2D eigenvalue weighted by atomic mass is 16.7. The average Bonchev–Trinajstić information content (AvgIpc) is 2.96. The average molecular weight is 503 g/mol. The second-order valence-corrected chi connectivity index (χ2v) is 9.68. The first-order chi connectivity index (χ1) is 18.1. The number of rotatable bonds is 7. The maximum Gasteiger partial charge on any atom is 0.255 e. The Morgan fingerprint density at radius 3 is 2.27 bits per heavy atom. The number of hydrogen-bond acceptors (Lipinski definition) is 6. The van der Waals surface area contributed by atoms with Crippen molar-refractivity contribution in [2.75, 3.05) is 38.2 Å². The Balaban J connectivity index is 1.34. The van der Waals surface area contributed by atoms with E-state index >= 15 is 0 Å². The summed E-state index contributed by atoms with van der Waals surface area (Å²) in [6, 6.07) is 24.7. The Morgan fingerprint density at radius 1 is 0.919 bits per heavy atom.